The minimum atomic E-state index is -4.26. The van der Waals surface area contributed by atoms with Gasteiger partial charge in [-0.1, -0.05) is 54.6 Å². The second kappa shape index (κ2) is 19.7. The van der Waals surface area contributed by atoms with Gasteiger partial charge in [0.15, 0.2) is 5.82 Å². The fourth-order valence-electron chi connectivity index (χ4n) is 7.82. The number of anilines is 3. The number of benzene rings is 5. The Balaban J connectivity index is 0.879. The van der Waals surface area contributed by atoms with Crippen molar-refractivity contribution in [2.45, 2.75) is 35.7 Å². The highest BCUT2D eigenvalue weighted by Gasteiger charge is 2.27. The molecule has 2 fully saturated rings. The van der Waals surface area contributed by atoms with Gasteiger partial charge in [0.2, 0.25) is 0 Å². The van der Waals surface area contributed by atoms with Gasteiger partial charge in [-0.05, 0) is 85.1 Å². The highest BCUT2D eigenvalue weighted by atomic mass is 32.2. The van der Waals surface area contributed by atoms with Gasteiger partial charge in [0.25, 0.3) is 15.7 Å². The number of ether oxygens (including phenoxy) is 2. The third-order valence-electron chi connectivity index (χ3n) is 11.2. The normalized spacial score (nSPS) is 15.3. The lowest BCUT2D eigenvalue weighted by atomic mass is 9.99. The number of nitrogens with zero attached hydrogens (tertiary/aromatic N) is 6. The van der Waals surface area contributed by atoms with Crippen LogP contribution in [-0.4, -0.2) is 110 Å². The number of rotatable bonds is 17. The van der Waals surface area contributed by atoms with Gasteiger partial charge in [0.1, 0.15) is 24.4 Å². The van der Waals surface area contributed by atoms with Gasteiger partial charge in [-0.15, -0.1) is 11.8 Å². The van der Waals surface area contributed by atoms with E-state index in [0.717, 1.165) is 93.5 Å². The Labute approximate surface area is 372 Å². The summed E-state index contributed by atoms with van der Waals surface area (Å²) in [5, 5.41) is 16.0. The lowest BCUT2D eigenvalue weighted by molar-refractivity contribution is -0.384. The molecule has 0 unspecified atom stereocenters. The summed E-state index contributed by atoms with van der Waals surface area (Å²) in [6.07, 6.45) is 1.32. The lowest BCUT2D eigenvalue weighted by Crippen LogP contribution is -2.46. The molecule has 14 nitrogen and oxygen atoms in total. The molecule has 0 atom stereocenters. The van der Waals surface area contributed by atoms with Crippen LogP contribution in [0, 0.1) is 10.1 Å². The van der Waals surface area contributed by atoms with Crippen LogP contribution in [-0.2, 0) is 21.3 Å². The van der Waals surface area contributed by atoms with Crippen molar-refractivity contribution < 1.29 is 22.8 Å². The molecule has 0 radical (unpaired) electrons. The van der Waals surface area contributed by atoms with Crippen molar-refractivity contribution in [3.63, 3.8) is 0 Å². The van der Waals surface area contributed by atoms with Crippen LogP contribution in [0.1, 0.15) is 19.4 Å². The van der Waals surface area contributed by atoms with Crippen molar-refractivity contribution in [2.75, 3.05) is 86.3 Å². The van der Waals surface area contributed by atoms with Crippen LogP contribution < -0.4 is 19.7 Å². The molecule has 328 valence electrons. The first-order valence-corrected chi connectivity index (χ1v) is 23.6. The molecule has 63 heavy (non-hydrogen) atoms. The molecule has 2 saturated heterocycles. The molecule has 6 aromatic rings. The summed E-state index contributed by atoms with van der Waals surface area (Å²) in [5.74, 6) is 1.58. The molecule has 0 amide bonds. The van der Waals surface area contributed by atoms with Crippen molar-refractivity contribution in [1.29, 1.82) is 0 Å². The molecule has 0 spiro atoms. The summed E-state index contributed by atoms with van der Waals surface area (Å²) in [4.78, 5) is 28.3. The van der Waals surface area contributed by atoms with Crippen LogP contribution >= 0.6 is 11.8 Å². The average molecular weight is 889 g/mol. The molecule has 8 rings (SSSR count). The van der Waals surface area contributed by atoms with E-state index in [2.05, 4.69) is 83.2 Å². The first-order chi connectivity index (χ1) is 30.5. The summed E-state index contributed by atoms with van der Waals surface area (Å²) in [7, 11) is -4.26. The van der Waals surface area contributed by atoms with Crippen molar-refractivity contribution in [3.05, 3.63) is 137 Å². The Kier molecular flexibility index (Phi) is 13.7. The van der Waals surface area contributed by atoms with Crippen LogP contribution in [0.4, 0.5) is 22.9 Å². The van der Waals surface area contributed by atoms with Crippen LogP contribution in [0.15, 0.2) is 131 Å². The number of piperazine rings is 1. The number of hydrogen-bond acceptors (Lipinski definition) is 13. The number of aromatic nitrogens is 2. The van der Waals surface area contributed by atoms with E-state index in [4.69, 9.17) is 9.47 Å². The van der Waals surface area contributed by atoms with Gasteiger partial charge in [0, 0.05) is 85.7 Å². The van der Waals surface area contributed by atoms with E-state index < -0.39 is 20.5 Å². The second-order valence-corrected chi connectivity index (χ2v) is 19.1. The molecule has 5 aromatic carbocycles. The number of hydrogen-bond donors (Lipinski definition) is 2. The molecule has 0 saturated carbocycles. The average Bonchev–Trinajstić information content (AvgIpc) is 3.29. The van der Waals surface area contributed by atoms with Crippen molar-refractivity contribution in [1.82, 2.24) is 19.8 Å². The molecule has 16 heteroatoms. The maximum Gasteiger partial charge on any atom is 0.293 e. The predicted molar refractivity (Wildman–Crippen MR) is 250 cm³/mol. The molecule has 2 aliphatic rings. The Morgan fingerprint density at radius 3 is 2.35 bits per heavy atom. The molecule has 0 bridgehead atoms. The van der Waals surface area contributed by atoms with E-state index in [1.165, 1.54) is 29.6 Å². The minimum absolute atomic E-state index is 0.0879. The quantitative estimate of drug-likeness (QED) is 0.0517. The van der Waals surface area contributed by atoms with Gasteiger partial charge in [-0.25, -0.2) is 18.4 Å². The molecule has 3 heterocycles. The Hall–Kier alpha value is -5.78. The third kappa shape index (κ3) is 11.2. The minimum Gasteiger partial charge on any atom is -0.492 e. The SMILES string of the molecule is CC(C)(CSc1ccccc1)Nc1ccc(S(=O)(=O)Nc2ncnc3cc(N4CCN(Cc5ccccc5-c5ccc(OCCN6CCOCC6)cc5)CC4)ccc23)cc1[N+](=O)[O-]. The summed E-state index contributed by atoms with van der Waals surface area (Å²) in [6, 6.07) is 36.4. The van der Waals surface area contributed by atoms with Crippen LogP contribution in [0.5, 0.6) is 5.75 Å². The highest BCUT2D eigenvalue weighted by molar-refractivity contribution is 7.99. The zero-order valence-electron chi connectivity index (χ0n) is 35.5. The van der Waals surface area contributed by atoms with Gasteiger partial charge in [0.05, 0.1) is 28.5 Å². The Morgan fingerprint density at radius 2 is 1.59 bits per heavy atom. The van der Waals surface area contributed by atoms with Gasteiger partial charge in [-0.3, -0.25) is 24.6 Å². The number of nitro groups is 1. The zero-order valence-corrected chi connectivity index (χ0v) is 37.1. The van der Waals surface area contributed by atoms with E-state index in [-0.39, 0.29) is 22.1 Å². The molecule has 0 aliphatic carbocycles. The Bertz CT molecular complexity index is 2620. The van der Waals surface area contributed by atoms with E-state index >= 15 is 0 Å². The summed E-state index contributed by atoms with van der Waals surface area (Å²) in [5.41, 5.74) is 4.53. The number of nitrogens with one attached hydrogen (secondary N) is 2. The smallest absolute Gasteiger partial charge is 0.293 e. The van der Waals surface area contributed by atoms with Crippen LogP contribution in [0.2, 0.25) is 0 Å². The lowest BCUT2D eigenvalue weighted by Gasteiger charge is -2.36. The molecular formula is C47H52N8O6S2. The number of morpholine rings is 1. The highest BCUT2D eigenvalue weighted by Crippen LogP contribution is 2.34. The molecular weight excluding hydrogens is 837 g/mol. The predicted octanol–water partition coefficient (Wildman–Crippen LogP) is 8.02. The molecule has 2 aliphatic heterocycles. The zero-order chi connectivity index (χ0) is 43.8. The monoisotopic (exact) mass is 888 g/mol. The summed E-state index contributed by atoms with van der Waals surface area (Å²) >= 11 is 1.62. The number of sulfonamides is 1. The first-order valence-electron chi connectivity index (χ1n) is 21.1. The van der Waals surface area contributed by atoms with E-state index in [1.807, 2.05) is 62.4 Å². The van der Waals surface area contributed by atoms with E-state index in [1.54, 1.807) is 11.8 Å². The van der Waals surface area contributed by atoms with Gasteiger partial charge < -0.3 is 19.7 Å². The molecule has 2 N–H and O–H groups in total. The van der Waals surface area contributed by atoms with Crippen LogP contribution in [0.25, 0.3) is 22.0 Å². The van der Waals surface area contributed by atoms with Crippen molar-refractivity contribution >= 4 is 55.6 Å². The maximum atomic E-state index is 13.7. The van der Waals surface area contributed by atoms with Crippen molar-refractivity contribution in [3.8, 4) is 16.9 Å². The number of thioether (sulfide) groups is 1. The topological polar surface area (TPSA) is 155 Å². The third-order valence-corrected chi connectivity index (χ3v) is 14.0. The maximum absolute atomic E-state index is 13.7. The van der Waals surface area contributed by atoms with Gasteiger partial charge >= 0.3 is 0 Å². The number of fused-ring (bicyclic) bond motifs is 1. The largest absolute Gasteiger partial charge is 0.492 e. The fourth-order valence-corrected chi connectivity index (χ4v) is 9.82. The van der Waals surface area contributed by atoms with Crippen LogP contribution in [0.3, 0.4) is 0 Å². The summed E-state index contributed by atoms with van der Waals surface area (Å²) in [6.45, 7) is 13.1. The fraction of sp³-hybridized carbons (Fsp3) is 0.319. The Morgan fingerprint density at radius 1 is 0.841 bits per heavy atom. The summed E-state index contributed by atoms with van der Waals surface area (Å²) < 4.78 is 41.5. The van der Waals surface area contributed by atoms with E-state index in [9.17, 15) is 18.5 Å². The standard InChI is InChI=1S/C47H52N8O6S2/c1-47(2,33-62-39-9-4-3-5-10-39)50-43-19-17-40(31-45(43)55(56)57)63(58,59)51-46-42-18-14-37(30-44(42)48-34-49-46)54-22-20-53(21-23-54)32-36-8-6-7-11-41(36)35-12-15-38(16-13-35)61-29-26-52-24-27-60-28-25-52/h3-19,30-31,34,50H,20-29,32-33H2,1-2H3,(H,48,49,51). The number of nitro benzene ring substituents is 1. The second-order valence-electron chi connectivity index (χ2n) is 16.3. The first kappa shape index (κ1) is 43.9. The van der Waals surface area contributed by atoms with Crippen molar-refractivity contribution in [2.24, 2.45) is 0 Å². The van der Waals surface area contributed by atoms with E-state index in [0.29, 0.717) is 23.3 Å². The van der Waals surface area contributed by atoms with Gasteiger partial charge in [-0.2, -0.15) is 0 Å². The molecule has 1 aromatic heterocycles.